The molecule has 2 N–H and O–H groups in total. The summed E-state index contributed by atoms with van der Waals surface area (Å²) in [5.74, 6) is 0.0530. The van der Waals surface area contributed by atoms with Crippen molar-refractivity contribution >= 4 is 15.9 Å². The molecule has 0 saturated heterocycles. The highest BCUT2D eigenvalue weighted by Crippen LogP contribution is 2.29. The molecule has 0 heterocycles. The monoisotopic (exact) mass is 430 g/mol. The van der Waals surface area contributed by atoms with Crippen LogP contribution in [0.4, 0.5) is 13.2 Å². The number of hydrogen-bond acceptors (Lipinski definition) is 4. The topological polar surface area (TPSA) is 84.5 Å². The van der Waals surface area contributed by atoms with E-state index in [1.807, 2.05) is 6.92 Å². The van der Waals surface area contributed by atoms with E-state index in [0.29, 0.717) is 17.9 Å². The van der Waals surface area contributed by atoms with Gasteiger partial charge in [0.05, 0.1) is 17.1 Å². The minimum atomic E-state index is -4.46. The molecule has 0 aliphatic heterocycles. The van der Waals surface area contributed by atoms with E-state index in [9.17, 15) is 26.4 Å². The average molecular weight is 430 g/mol. The first kappa shape index (κ1) is 22.7. The second-order valence-electron chi connectivity index (χ2n) is 6.03. The van der Waals surface area contributed by atoms with E-state index in [2.05, 4.69) is 10.0 Å². The van der Waals surface area contributed by atoms with Crippen LogP contribution in [0.2, 0.25) is 0 Å². The largest absolute Gasteiger partial charge is 0.494 e. The molecule has 1 amide bonds. The van der Waals surface area contributed by atoms with E-state index in [1.54, 1.807) is 0 Å². The normalized spacial score (nSPS) is 11.9. The summed E-state index contributed by atoms with van der Waals surface area (Å²) in [5, 5.41) is 2.47. The van der Waals surface area contributed by atoms with E-state index >= 15 is 0 Å². The van der Waals surface area contributed by atoms with Gasteiger partial charge in [0.25, 0.3) is 0 Å². The number of hydrogen-bond donors (Lipinski definition) is 2. The van der Waals surface area contributed by atoms with Gasteiger partial charge in [-0.2, -0.15) is 13.2 Å². The van der Waals surface area contributed by atoms with Crippen LogP contribution in [0.5, 0.6) is 5.75 Å². The molecule has 158 valence electrons. The van der Waals surface area contributed by atoms with Crippen molar-refractivity contribution < 1.29 is 31.1 Å². The van der Waals surface area contributed by atoms with Crippen LogP contribution in [0.1, 0.15) is 24.5 Å². The summed E-state index contributed by atoms with van der Waals surface area (Å²) in [5.41, 5.74) is -0.504. The van der Waals surface area contributed by atoms with Crippen molar-refractivity contribution in [3.05, 3.63) is 59.7 Å². The van der Waals surface area contributed by atoms with Crippen LogP contribution in [0, 0.1) is 0 Å². The molecule has 6 nitrogen and oxygen atoms in total. The predicted molar refractivity (Wildman–Crippen MR) is 101 cm³/mol. The molecule has 0 atom stereocenters. The van der Waals surface area contributed by atoms with Crippen LogP contribution in [-0.4, -0.2) is 27.5 Å². The summed E-state index contributed by atoms with van der Waals surface area (Å²) >= 11 is 0. The summed E-state index contributed by atoms with van der Waals surface area (Å²) in [4.78, 5) is 11.9. The molecule has 0 fully saturated rings. The predicted octanol–water partition coefficient (Wildman–Crippen LogP) is 3.09. The van der Waals surface area contributed by atoms with E-state index < -0.39 is 27.7 Å². The molecule has 2 rings (SSSR count). The lowest BCUT2D eigenvalue weighted by Crippen LogP contribution is -2.30. The molecule has 0 spiro atoms. The van der Waals surface area contributed by atoms with Gasteiger partial charge >= 0.3 is 6.18 Å². The maximum atomic E-state index is 12.7. The number of amides is 1. The molecule has 0 saturated carbocycles. The zero-order chi connectivity index (χ0) is 21.5. The highest BCUT2D eigenvalue weighted by atomic mass is 32.2. The van der Waals surface area contributed by atoms with Crippen LogP contribution in [0.15, 0.2) is 53.4 Å². The zero-order valence-electron chi connectivity index (χ0n) is 15.6. The lowest BCUT2D eigenvalue weighted by molar-refractivity contribution is -0.137. The molecule has 0 aliphatic rings. The Labute approximate surface area is 167 Å². The summed E-state index contributed by atoms with van der Waals surface area (Å²) in [7, 11) is -3.79. The summed E-state index contributed by atoms with van der Waals surface area (Å²) in [6.45, 7) is 2.03. The Morgan fingerprint density at radius 3 is 2.41 bits per heavy atom. The van der Waals surface area contributed by atoms with Gasteiger partial charge in [0.1, 0.15) is 5.75 Å². The van der Waals surface area contributed by atoms with Gasteiger partial charge in [-0.05, 0) is 48.9 Å². The first-order valence-corrected chi connectivity index (χ1v) is 10.3. The van der Waals surface area contributed by atoms with Crippen LogP contribution < -0.4 is 14.8 Å². The maximum absolute atomic E-state index is 12.7. The minimum Gasteiger partial charge on any atom is -0.494 e. The molecule has 2 aromatic rings. The third-order valence-corrected chi connectivity index (χ3v) is 5.31. The Kier molecular flexibility index (Phi) is 7.63. The number of benzene rings is 2. The van der Waals surface area contributed by atoms with Crippen molar-refractivity contribution in [2.24, 2.45) is 0 Å². The fourth-order valence-electron chi connectivity index (χ4n) is 2.41. The van der Waals surface area contributed by atoms with Crippen LogP contribution in [0.25, 0.3) is 0 Å². The van der Waals surface area contributed by atoms with Gasteiger partial charge in [0, 0.05) is 19.5 Å². The molecule has 0 unspecified atom stereocenters. The molecule has 29 heavy (non-hydrogen) atoms. The van der Waals surface area contributed by atoms with Crippen LogP contribution in [0.3, 0.4) is 0 Å². The van der Waals surface area contributed by atoms with E-state index in [0.717, 1.165) is 12.1 Å². The Morgan fingerprint density at radius 1 is 1.10 bits per heavy atom. The second-order valence-corrected chi connectivity index (χ2v) is 7.79. The molecule has 0 aliphatic carbocycles. The van der Waals surface area contributed by atoms with Gasteiger partial charge in [-0.3, -0.25) is 4.79 Å². The minimum absolute atomic E-state index is 0.0327. The smallest absolute Gasteiger partial charge is 0.416 e. The van der Waals surface area contributed by atoms with Crippen LogP contribution >= 0.6 is 0 Å². The number of nitrogens with one attached hydrogen (secondary N) is 2. The molecule has 0 radical (unpaired) electrons. The third kappa shape index (κ3) is 7.06. The van der Waals surface area contributed by atoms with Gasteiger partial charge in [-0.15, -0.1) is 0 Å². The van der Waals surface area contributed by atoms with E-state index in [1.165, 1.54) is 36.4 Å². The third-order valence-electron chi connectivity index (χ3n) is 3.83. The van der Waals surface area contributed by atoms with Crippen molar-refractivity contribution in [3.63, 3.8) is 0 Å². The average Bonchev–Trinajstić information content (AvgIpc) is 2.66. The number of carbonyl (C=O) groups excluding carboxylic acids is 1. The van der Waals surface area contributed by atoms with Gasteiger partial charge in [-0.1, -0.05) is 12.1 Å². The van der Waals surface area contributed by atoms with Crippen molar-refractivity contribution in [1.82, 2.24) is 10.0 Å². The first-order chi connectivity index (χ1) is 13.6. The summed E-state index contributed by atoms with van der Waals surface area (Å²) in [6.07, 6.45) is -4.62. The maximum Gasteiger partial charge on any atom is 0.416 e. The van der Waals surface area contributed by atoms with Crippen LogP contribution in [-0.2, 0) is 27.5 Å². The van der Waals surface area contributed by atoms with Gasteiger partial charge in [-0.25, -0.2) is 13.1 Å². The number of carbonyl (C=O) groups is 1. The highest BCUT2D eigenvalue weighted by Gasteiger charge is 2.30. The van der Waals surface area contributed by atoms with Crippen molar-refractivity contribution in [2.75, 3.05) is 13.2 Å². The molecular weight excluding hydrogens is 409 g/mol. The SMILES string of the molecule is CCOc1ccc(S(=O)(=O)NCCC(=O)NCc2cccc(C(F)(F)F)c2)cc1. The Balaban J connectivity index is 1.82. The second kappa shape index (κ2) is 9.75. The quantitative estimate of drug-likeness (QED) is 0.640. The molecule has 10 heteroatoms. The Morgan fingerprint density at radius 2 is 1.79 bits per heavy atom. The summed E-state index contributed by atoms with van der Waals surface area (Å²) < 4.78 is 70.0. The molecule has 0 bridgehead atoms. The zero-order valence-corrected chi connectivity index (χ0v) is 16.4. The number of halogens is 3. The van der Waals surface area contributed by atoms with E-state index in [-0.39, 0.29) is 24.4 Å². The standard InChI is InChI=1S/C19H21F3N2O4S/c1-2-28-16-6-8-17(9-7-16)29(26,27)24-11-10-18(25)23-13-14-4-3-5-15(12-14)19(20,21)22/h3-9,12,24H,2,10-11,13H2,1H3,(H,23,25). The van der Waals surface area contributed by atoms with Gasteiger partial charge < -0.3 is 10.1 Å². The summed E-state index contributed by atoms with van der Waals surface area (Å²) in [6, 6.07) is 10.5. The van der Waals surface area contributed by atoms with E-state index in [4.69, 9.17) is 4.74 Å². The Bertz CT molecular complexity index is 929. The number of ether oxygens (including phenoxy) is 1. The van der Waals surface area contributed by atoms with Crippen molar-refractivity contribution in [2.45, 2.75) is 31.0 Å². The van der Waals surface area contributed by atoms with Crippen molar-refractivity contribution in [3.8, 4) is 5.75 Å². The lowest BCUT2D eigenvalue weighted by Gasteiger charge is -2.10. The fraction of sp³-hybridized carbons (Fsp3) is 0.316. The number of rotatable bonds is 9. The fourth-order valence-corrected chi connectivity index (χ4v) is 3.44. The first-order valence-electron chi connectivity index (χ1n) is 8.77. The van der Waals surface area contributed by atoms with Crippen molar-refractivity contribution in [1.29, 1.82) is 0 Å². The van der Waals surface area contributed by atoms with Gasteiger partial charge in [0.15, 0.2) is 0 Å². The molecule has 0 aromatic heterocycles. The lowest BCUT2D eigenvalue weighted by atomic mass is 10.1. The Hall–Kier alpha value is -2.59. The highest BCUT2D eigenvalue weighted by molar-refractivity contribution is 7.89. The number of sulfonamides is 1. The number of alkyl halides is 3. The molecule has 2 aromatic carbocycles. The van der Waals surface area contributed by atoms with Gasteiger partial charge in [0.2, 0.25) is 15.9 Å². The molecular formula is C19H21F3N2O4S.